The average molecular weight is 280 g/mol. The highest BCUT2D eigenvalue weighted by Gasteiger charge is 2.43. The SMILES string of the molecule is N#Cc1cc(F)c(F)cc1C1(O)CC2COCC(C1)N2. The lowest BCUT2D eigenvalue weighted by Crippen LogP contribution is -2.58. The van der Waals surface area contributed by atoms with Crippen LogP contribution in [0, 0.1) is 23.0 Å². The normalized spacial score (nSPS) is 32.7. The molecule has 0 saturated carbocycles. The van der Waals surface area contributed by atoms with E-state index in [0.29, 0.717) is 26.1 Å². The fraction of sp³-hybridized carbons (Fsp3) is 0.500. The van der Waals surface area contributed by atoms with E-state index in [1.165, 1.54) is 0 Å². The monoisotopic (exact) mass is 280 g/mol. The number of nitrogens with one attached hydrogen (secondary N) is 1. The van der Waals surface area contributed by atoms with E-state index in [-0.39, 0.29) is 23.2 Å². The number of ether oxygens (including phenoxy) is 1. The van der Waals surface area contributed by atoms with Gasteiger partial charge in [0.25, 0.3) is 0 Å². The zero-order valence-electron chi connectivity index (χ0n) is 10.7. The number of nitriles is 1. The van der Waals surface area contributed by atoms with Crippen molar-refractivity contribution < 1.29 is 18.6 Å². The molecule has 2 atom stereocenters. The molecular formula is C14H14F2N2O2. The highest BCUT2D eigenvalue weighted by molar-refractivity contribution is 5.42. The van der Waals surface area contributed by atoms with Crippen molar-refractivity contribution in [3.63, 3.8) is 0 Å². The van der Waals surface area contributed by atoms with Crippen LogP contribution in [-0.2, 0) is 10.3 Å². The van der Waals surface area contributed by atoms with E-state index in [1.54, 1.807) is 0 Å². The second kappa shape index (κ2) is 4.77. The van der Waals surface area contributed by atoms with Crippen molar-refractivity contribution in [1.82, 2.24) is 5.32 Å². The number of aliphatic hydroxyl groups is 1. The van der Waals surface area contributed by atoms with Gasteiger partial charge in [0.05, 0.1) is 30.4 Å². The molecule has 4 nitrogen and oxygen atoms in total. The van der Waals surface area contributed by atoms with Crippen LogP contribution in [0.1, 0.15) is 24.0 Å². The highest BCUT2D eigenvalue weighted by atomic mass is 19.2. The number of piperidine rings is 1. The van der Waals surface area contributed by atoms with Gasteiger partial charge in [-0.05, 0) is 25.0 Å². The Morgan fingerprint density at radius 3 is 2.45 bits per heavy atom. The van der Waals surface area contributed by atoms with Crippen molar-refractivity contribution in [2.24, 2.45) is 0 Å². The molecular weight excluding hydrogens is 266 g/mol. The van der Waals surface area contributed by atoms with Crippen molar-refractivity contribution in [2.45, 2.75) is 30.5 Å². The molecule has 6 heteroatoms. The van der Waals surface area contributed by atoms with Crippen LogP contribution in [0.4, 0.5) is 8.78 Å². The first-order chi connectivity index (χ1) is 9.51. The lowest BCUT2D eigenvalue weighted by Gasteiger charge is -2.45. The van der Waals surface area contributed by atoms with Crippen LogP contribution >= 0.6 is 0 Å². The zero-order chi connectivity index (χ0) is 14.3. The summed E-state index contributed by atoms with van der Waals surface area (Å²) in [6.45, 7) is 0.925. The van der Waals surface area contributed by atoms with Crippen molar-refractivity contribution in [3.05, 3.63) is 34.9 Å². The maximum absolute atomic E-state index is 13.5. The first-order valence-corrected chi connectivity index (χ1v) is 6.47. The van der Waals surface area contributed by atoms with Gasteiger partial charge in [0.2, 0.25) is 0 Å². The summed E-state index contributed by atoms with van der Waals surface area (Å²) in [4.78, 5) is 0. The van der Waals surface area contributed by atoms with Crippen LogP contribution in [-0.4, -0.2) is 30.4 Å². The van der Waals surface area contributed by atoms with E-state index in [4.69, 9.17) is 10.00 Å². The molecule has 1 aromatic carbocycles. The quantitative estimate of drug-likeness (QED) is 0.810. The van der Waals surface area contributed by atoms with E-state index < -0.39 is 17.2 Å². The lowest BCUT2D eigenvalue weighted by molar-refractivity contribution is -0.0805. The summed E-state index contributed by atoms with van der Waals surface area (Å²) in [5.41, 5.74) is -1.19. The van der Waals surface area contributed by atoms with Crippen LogP contribution in [0.2, 0.25) is 0 Å². The van der Waals surface area contributed by atoms with Gasteiger partial charge < -0.3 is 15.2 Å². The van der Waals surface area contributed by atoms with Gasteiger partial charge in [0.1, 0.15) is 0 Å². The molecule has 2 bridgehead atoms. The topological polar surface area (TPSA) is 65.3 Å². The van der Waals surface area contributed by atoms with Crippen molar-refractivity contribution in [1.29, 1.82) is 5.26 Å². The molecule has 2 unspecified atom stereocenters. The predicted octanol–water partition coefficient (Wildman–Crippen LogP) is 1.17. The van der Waals surface area contributed by atoms with Gasteiger partial charge >= 0.3 is 0 Å². The van der Waals surface area contributed by atoms with Gasteiger partial charge in [-0.2, -0.15) is 5.26 Å². The number of hydrogen-bond acceptors (Lipinski definition) is 4. The summed E-state index contributed by atoms with van der Waals surface area (Å²) >= 11 is 0. The highest BCUT2D eigenvalue weighted by Crippen LogP contribution is 2.38. The third-order valence-corrected chi connectivity index (χ3v) is 3.96. The lowest BCUT2D eigenvalue weighted by atomic mass is 9.76. The number of fused-ring (bicyclic) bond motifs is 2. The second-order valence-electron chi connectivity index (χ2n) is 5.46. The molecule has 2 aliphatic heterocycles. The van der Waals surface area contributed by atoms with Gasteiger partial charge in [0.15, 0.2) is 11.6 Å². The van der Waals surface area contributed by atoms with Crippen LogP contribution in [0.15, 0.2) is 12.1 Å². The number of morpholine rings is 1. The van der Waals surface area contributed by atoms with Crippen LogP contribution in [0.3, 0.4) is 0 Å². The van der Waals surface area contributed by atoms with E-state index in [0.717, 1.165) is 12.1 Å². The molecule has 0 spiro atoms. The van der Waals surface area contributed by atoms with E-state index in [1.807, 2.05) is 6.07 Å². The zero-order valence-corrected chi connectivity index (χ0v) is 10.7. The Hall–Kier alpha value is -1.55. The first kappa shape index (κ1) is 13.4. The average Bonchev–Trinajstić information content (AvgIpc) is 2.40. The second-order valence-corrected chi connectivity index (χ2v) is 5.46. The number of hydrogen-bond donors (Lipinski definition) is 2. The molecule has 0 radical (unpaired) electrons. The summed E-state index contributed by atoms with van der Waals surface area (Å²) in [7, 11) is 0. The number of nitrogens with zero attached hydrogens (tertiary/aromatic N) is 1. The van der Waals surface area contributed by atoms with E-state index >= 15 is 0 Å². The first-order valence-electron chi connectivity index (χ1n) is 6.47. The van der Waals surface area contributed by atoms with Crippen LogP contribution in [0.25, 0.3) is 0 Å². The van der Waals surface area contributed by atoms with Crippen LogP contribution in [0.5, 0.6) is 0 Å². The molecule has 3 rings (SSSR count). The molecule has 2 heterocycles. The van der Waals surface area contributed by atoms with E-state index in [2.05, 4.69) is 5.32 Å². The molecule has 2 fully saturated rings. The smallest absolute Gasteiger partial charge is 0.160 e. The van der Waals surface area contributed by atoms with Gasteiger partial charge in [0, 0.05) is 17.6 Å². The number of halogens is 2. The fourth-order valence-corrected chi connectivity index (χ4v) is 3.16. The van der Waals surface area contributed by atoms with Gasteiger partial charge in [-0.15, -0.1) is 0 Å². The molecule has 2 aliphatic rings. The molecule has 106 valence electrons. The minimum Gasteiger partial charge on any atom is -0.385 e. The molecule has 0 aromatic heterocycles. The Labute approximate surface area is 115 Å². The summed E-state index contributed by atoms with van der Waals surface area (Å²) in [5, 5.41) is 23.2. The predicted molar refractivity (Wildman–Crippen MR) is 65.7 cm³/mol. The minimum absolute atomic E-state index is 0.0210. The molecule has 1 aromatic rings. The van der Waals surface area contributed by atoms with Crippen molar-refractivity contribution in [2.75, 3.05) is 13.2 Å². The van der Waals surface area contributed by atoms with E-state index in [9.17, 15) is 13.9 Å². The summed E-state index contributed by atoms with van der Waals surface area (Å²) in [6, 6.07) is 3.52. The molecule has 0 amide bonds. The third kappa shape index (κ3) is 2.18. The van der Waals surface area contributed by atoms with Crippen LogP contribution < -0.4 is 5.32 Å². The van der Waals surface area contributed by atoms with Gasteiger partial charge in [-0.25, -0.2) is 8.78 Å². The molecule has 2 saturated heterocycles. The van der Waals surface area contributed by atoms with Gasteiger partial charge in [-0.1, -0.05) is 0 Å². The number of benzene rings is 1. The molecule has 2 N–H and O–H groups in total. The largest absolute Gasteiger partial charge is 0.385 e. The summed E-state index contributed by atoms with van der Waals surface area (Å²) in [6.07, 6.45) is 0.618. The Morgan fingerprint density at radius 1 is 1.25 bits per heavy atom. The molecule has 20 heavy (non-hydrogen) atoms. The Morgan fingerprint density at radius 2 is 1.85 bits per heavy atom. The summed E-state index contributed by atoms with van der Waals surface area (Å²) in [5.74, 6) is -2.13. The maximum atomic E-state index is 13.5. The van der Waals surface area contributed by atoms with Crippen molar-refractivity contribution >= 4 is 0 Å². The summed E-state index contributed by atoms with van der Waals surface area (Å²) < 4.78 is 32.1. The standard InChI is InChI=1S/C14H14F2N2O2/c15-12-1-8(5-17)11(2-13(12)16)14(19)3-9-6-20-7-10(4-14)18-9/h1-2,9-10,18-19H,3-4,6-7H2. The van der Waals surface area contributed by atoms with Gasteiger partial charge in [-0.3, -0.25) is 0 Å². The molecule has 0 aliphatic carbocycles. The Balaban J connectivity index is 2.03. The number of rotatable bonds is 1. The third-order valence-electron chi connectivity index (χ3n) is 3.96. The minimum atomic E-state index is -1.33. The Kier molecular flexibility index (Phi) is 3.21. The fourth-order valence-electron chi connectivity index (χ4n) is 3.16. The maximum Gasteiger partial charge on any atom is 0.160 e. The van der Waals surface area contributed by atoms with Crippen molar-refractivity contribution in [3.8, 4) is 6.07 Å². The Bertz CT molecular complexity index is 573.